The minimum absolute atomic E-state index is 0.0787. The molecular formula is C17H16N2O2. The van der Waals surface area contributed by atoms with Crippen LogP contribution in [0.25, 0.3) is 0 Å². The van der Waals surface area contributed by atoms with Crippen molar-refractivity contribution in [2.45, 2.75) is 12.8 Å². The lowest BCUT2D eigenvalue weighted by atomic mass is 10.1. The molecule has 0 saturated carbocycles. The number of rotatable bonds is 3. The molecule has 1 aliphatic heterocycles. The third kappa shape index (κ3) is 2.79. The number of hydrogen-bond donors (Lipinski definition) is 1. The van der Waals surface area contributed by atoms with Crippen molar-refractivity contribution >= 4 is 23.2 Å². The molecule has 4 nitrogen and oxygen atoms in total. The Morgan fingerprint density at radius 2 is 1.71 bits per heavy atom. The van der Waals surface area contributed by atoms with Crippen molar-refractivity contribution < 1.29 is 9.59 Å². The van der Waals surface area contributed by atoms with Gasteiger partial charge in [0, 0.05) is 18.7 Å². The standard InChI is InChI=1S/C17H16N2O2/c20-16-11-6-12-19(16)15-10-5-4-9-14(15)17(21)18-13-7-2-1-3-8-13/h1-5,7-10H,6,11-12H2,(H,18,21). The molecule has 1 aliphatic rings. The molecule has 1 fully saturated rings. The van der Waals surface area contributed by atoms with Crippen molar-refractivity contribution in [2.75, 3.05) is 16.8 Å². The maximum atomic E-state index is 12.4. The van der Waals surface area contributed by atoms with Crippen LogP contribution in [0.4, 0.5) is 11.4 Å². The van der Waals surface area contributed by atoms with Crippen molar-refractivity contribution in [1.29, 1.82) is 0 Å². The highest BCUT2D eigenvalue weighted by Crippen LogP contribution is 2.26. The van der Waals surface area contributed by atoms with E-state index in [0.29, 0.717) is 24.2 Å². The van der Waals surface area contributed by atoms with Crippen molar-refractivity contribution in [3.05, 3.63) is 60.2 Å². The van der Waals surface area contributed by atoms with Gasteiger partial charge in [-0.3, -0.25) is 9.59 Å². The van der Waals surface area contributed by atoms with E-state index < -0.39 is 0 Å². The van der Waals surface area contributed by atoms with Gasteiger partial charge in [-0.1, -0.05) is 30.3 Å². The van der Waals surface area contributed by atoms with E-state index in [9.17, 15) is 9.59 Å². The molecule has 21 heavy (non-hydrogen) atoms. The lowest BCUT2D eigenvalue weighted by molar-refractivity contribution is -0.117. The second-order valence-electron chi connectivity index (χ2n) is 4.99. The minimum Gasteiger partial charge on any atom is -0.322 e. The van der Waals surface area contributed by atoms with Crippen LogP contribution in [-0.4, -0.2) is 18.4 Å². The van der Waals surface area contributed by atoms with Gasteiger partial charge in [0.15, 0.2) is 0 Å². The molecule has 1 saturated heterocycles. The van der Waals surface area contributed by atoms with Crippen LogP contribution in [0.1, 0.15) is 23.2 Å². The Morgan fingerprint density at radius 3 is 2.43 bits per heavy atom. The number of nitrogens with one attached hydrogen (secondary N) is 1. The van der Waals surface area contributed by atoms with Crippen LogP contribution < -0.4 is 10.2 Å². The summed E-state index contributed by atoms with van der Waals surface area (Å²) in [4.78, 5) is 26.0. The molecule has 0 spiro atoms. The summed E-state index contributed by atoms with van der Waals surface area (Å²) < 4.78 is 0. The van der Waals surface area contributed by atoms with E-state index >= 15 is 0 Å². The number of amides is 2. The highest BCUT2D eigenvalue weighted by atomic mass is 16.2. The molecule has 0 aliphatic carbocycles. The van der Waals surface area contributed by atoms with Gasteiger partial charge < -0.3 is 10.2 Å². The summed E-state index contributed by atoms with van der Waals surface area (Å²) in [5.41, 5.74) is 1.95. The molecular weight excluding hydrogens is 264 g/mol. The number of carbonyl (C=O) groups excluding carboxylic acids is 2. The molecule has 2 aromatic rings. The first-order valence-electron chi connectivity index (χ1n) is 7.01. The molecule has 0 aromatic heterocycles. The number of nitrogens with zero attached hydrogens (tertiary/aromatic N) is 1. The van der Waals surface area contributed by atoms with E-state index in [1.54, 1.807) is 11.0 Å². The van der Waals surface area contributed by atoms with Crippen molar-refractivity contribution in [3.8, 4) is 0 Å². The van der Waals surface area contributed by atoms with Gasteiger partial charge in [-0.15, -0.1) is 0 Å². The molecule has 4 heteroatoms. The molecule has 2 aromatic carbocycles. The van der Waals surface area contributed by atoms with Crippen LogP contribution in [-0.2, 0) is 4.79 Å². The van der Waals surface area contributed by atoms with E-state index in [1.807, 2.05) is 48.5 Å². The Kier molecular flexibility index (Phi) is 3.69. The smallest absolute Gasteiger partial charge is 0.257 e. The van der Waals surface area contributed by atoms with Crippen LogP contribution in [0.15, 0.2) is 54.6 Å². The zero-order chi connectivity index (χ0) is 14.7. The lowest BCUT2D eigenvalue weighted by Crippen LogP contribution is -2.27. The van der Waals surface area contributed by atoms with Crippen LogP contribution in [0.5, 0.6) is 0 Å². The number of hydrogen-bond acceptors (Lipinski definition) is 2. The largest absolute Gasteiger partial charge is 0.322 e. The molecule has 0 unspecified atom stereocenters. The fourth-order valence-corrected chi connectivity index (χ4v) is 2.52. The predicted molar refractivity (Wildman–Crippen MR) is 82.4 cm³/mol. The Bertz CT molecular complexity index is 668. The van der Waals surface area contributed by atoms with Crippen LogP contribution >= 0.6 is 0 Å². The number of benzene rings is 2. The van der Waals surface area contributed by atoms with Gasteiger partial charge in [0.25, 0.3) is 5.91 Å². The summed E-state index contributed by atoms with van der Waals surface area (Å²) in [5, 5.41) is 2.86. The molecule has 1 heterocycles. The first-order chi connectivity index (χ1) is 10.3. The fraction of sp³-hybridized carbons (Fsp3) is 0.176. The normalized spacial score (nSPS) is 14.3. The van der Waals surface area contributed by atoms with Gasteiger partial charge in [0.05, 0.1) is 11.3 Å². The van der Waals surface area contributed by atoms with Gasteiger partial charge in [-0.2, -0.15) is 0 Å². The highest BCUT2D eigenvalue weighted by Gasteiger charge is 2.25. The van der Waals surface area contributed by atoms with Crippen LogP contribution in [0.3, 0.4) is 0 Å². The summed E-state index contributed by atoms with van der Waals surface area (Å²) in [6.45, 7) is 0.675. The van der Waals surface area contributed by atoms with Crippen LogP contribution in [0.2, 0.25) is 0 Å². The molecule has 3 rings (SSSR count). The zero-order valence-electron chi connectivity index (χ0n) is 11.6. The van der Waals surface area contributed by atoms with Crippen molar-refractivity contribution in [3.63, 3.8) is 0 Å². The minimum atomic E-state index is -0.198. The number of carbonyl (C=O) groups is 2. The van der Waals surface area contributed by atoms with Crippen molar-refractivity contribution in [1.82, 2.24) is 0 Å². The van der Waals surface area contributed by atoms with Gasteiger partial charge in [-0.05, 0) is 30.7 Å². The fourth-order valence-electron chi connectivity index (χ4n) is 2.52. The zero-order valence-corrected chi connectivity index (χ0v) is 11.6. The van der Waals surface area contributed by atoms with Gasteiger partial charge in [0.1, 0.15) is 0 Å². The second kappa shape index (κ2) is 5.79. The van der Waals surface area contributed by atoms with E-state index in [1.165, 1.54) is 0 Å². The summed E-state index contributed by atoms with van der Waals surface area (Å²) in [6.07, 6.45) is 1.39. The molecule has 0 bridgehead atoms. The van der Waals surface area contributed by atoms with Gasteiger partial charge >= 0.3 is 0 Å². The molecule has 0 atom stereocenters. The number of para-hydroxylation sites is 2. The monoisotopic (exact) mass is 280 g/mol. The van der Waals surface area contributed by atoms with E-state index in [0.717, 1.165) is 12.1 Å². The SMILES string of the molecule is O=C(Nc1ccccc1)c1ccccc1N1CCCC1=O. The van der Waals surface area contributed by atoms with E-state index in [4.69, 9.17) is 0 Å². The Labute approximate surface area is 123 Å². The maximum absolute atomic E-state index is 12.4. The average molecular weight is 280 g/mol. The quantitative estimate of drug-likeness (QED) is 0.939. The predicted octanol–water partition coefficient (Wildman–Crippen LogP) is 3.07. The van der Waals surface area contributed by atoms with Crippen molar-refractivity contribution in [2.24, 2.45) is 0 Å². The third-order valence-electron chi connectivity index (χ3n) is 3.54. The van der Waals surface area contributed by atoms with Gasteiger partial charge in [-0.25, -0.2) is 0 Å². The molecule has 2 amide bonds. The Hall–Kier alpha value is -2.62. The average Bonchev–Trinajstić information content (AvgIpc) is 2.94. The molecule has 0 radical (unpaired) electrons. The second-order valence-corrected chi connectivity index (χ2v) is 4.99. The summed E-state index contributed by atoms with van der Waals surface area (Å²) in [6, 6.07) is 16.5. The van der Waals surface area contributed by atoms with E-state index in [-0.39, 0.29) is 11.8 Å². The summed E-state index contributed by atoms with van der Waals surface area (Å²) in [5.74, 6) is -0.119. The Morgan fingerprint density at radius 1 is 1.00 bits per heavy atom. The lowest BCUT2D eigenvalue weighted by Gasteiger charge is -2.19. The third-order valence-corrected chi connectivity index (χ3v) is 3.54. The highest BCUT2D eigenvalue weighted by molar-refractivity contribution is 6.11. The first kappa shape index (κ1) is 13.4. The molecule has 1 N–H and O–H groups in total. The molecule has 106 valence electrons. The van der Waals surface area contributed by atoms with Crippen LogP contribution in [0, 0.1) is 0 Å². The summed E-state index contributed by atoms with van der Waals surface area (Å²) in [7, 11) is 0. The Balaban J connectivity index is 1.88. The van der Waals surface area contributed by atoms with E-state index in [2.05, 4.69) is 5.32 Å². The number of anilines is 2. The maximum Gasteiger partial charge on any atom is 0.257 e. The topological polar surface area (TPSA) is 49.4 Å². The first-order valence-corrected chi connectivity index (χ1v) is 7.01. The van der Waals surface area contributed by atoms with Gasteiger partial charge in [0.2, 0.25) is 5.91 Å². The summed E-state index contributed by atoms with van der Waals surface area (Å²) >= 11 is 0.